The van der Waals surface area contributed by atoms with Gasteiger partial charge in [0.2, 0.25) is 0 Å². The number of aryl methyl sites for hydroxylation is 1. The molecule has 0 heterocycles. The largest absolute Gasteiger partial charge is 0.456 e. The number of rotatable bonds is 9. The van der Waals surface area contributed by atoms with E-state index in [0.29, 0.717) is 16.4 Å². The summed E-state index contributed by atoms with van der Waals surface area (Å²) in [5.74, 6) is -2.05. The fraction of sp³-hybridized carbons (Fsp3) is 0.174. The van der Waals surface area contributed by atoms with Crippen LogP contribution in [0.5, 0.6) is 11.5 Å². The van der Waals surface area contributed by atoms with Gasteiger partial charge in [0, 0.05) is 23.7 Å². The lowest BCUT2D eigenvalue weighted by Gasteiger charge is -2.17. The second kappa shape index (κ2) is 11.7. The molecule has 0 radical (unpaired) electrons. The van der Waals surface area contributed by atoms with Crippen molar-refractivity contribution < 1.29 is 45.3 Å². The van der Waals surface area contributed by atoms with Crippen molar-refractivity contribution in [2.24, 2.45) is 0 Å². The van der Waals surface area contributed by atoms with Crippen LogP contribution in [0.15, 0.2) is 54.6 Å². The molecule has 0 aromatic heterocycles. The monoisotopic (exact) mass is 608 g/mol. The molecule has 0 saturated carbocycles. The highest BCUT2D eigenvalue weighted by Gasteiger charge is 2.32. The topological polar surface area (TPSA) is 125 Å². The lowest BCUT2D eigenvalue weighted by atomic mass is 10.0. The van der Waals surface area contributed by atoms with Gasteiger partial charge in [0.05, 0.1) is 21.2 Å². The standard InChI is InChI=1S/C23H17Cl2F3N2O8S/c1-3-13-9-17(36-20-8-7-14(10-19(20)25)23(26,27)28)12-18(21(13)30(32)33)22(31)37-38-39(34,35)29(2)16-6-4-5-15(24)11-16/h4-12H,3H2,1-2H3. The molecule has 0 unspecified atom stereocenters. The van der Waals surface area contributed by atoms with E-state index in [1.54, 1.807) is 0 Å². The summed E-state index contributed by atoms with van der Waals surface area (Å²) in [6, 6.07) is 9.87. The van der Waals surface area contributed by atoms with E-state index in [2.05, 4.69) is 9.22 Å². The van der Waals surface area contributed by atoms with Gasteiger partial charge in [-0.1, -0.05) is 36.2 Å². The van der Waals surface area contributed by atoms with Gasteiger partial charge in [-0.15, -0.1) is 0 Å². The normalized spacial score (nSPS) is 11.7. The van der Waals surface area contributed by atoms with E-state index < -0.39 is 49.2 Å². The number of carbonyl (C=O) groups is 1. The van der Waals surface area contributed by atoms with Crippen LogP contribution in [0.2, 0.25) is 10.0 Å². The van der Waals surface area contributed by atoms with Crippen LogP contribution in [0.4, 0.5) is 24.5 Å². The Labute approximate surface area is 229 Å². The predicted molar refractivity (Wildman–Crippen MR) is 134 cm³/mol. The van der Waals surface area contributed by atoms with E-state index in [9.17, 15) is 36.5 Å². The van der Waals surface area contributed by atoms with Crippen LogP contribution in [-0.2, 0) is 32.1 Å². The Balaban J connectivity index is 1.92. The summed E-state index contributed by atoms with van der Waals surface area (Å²) in [4.78, 5) is 28.0. The minimum atomic E-state index is -4.74. The Morgan fingerprint density at radius 2 is 1.79 bits per heavy atom. The summed E-state index contributed by atoms with van der Waals surface area (Å²) in [5, 5.41) is 11.5. The summed E-state index contributed by atoms with van der Waals surface area (Å²) in [7, 11) is -3.66. The molecule has 16 heteroatoms. The molecular formula is C23H17Cl2F3N2O8S. The Bertz CT molecular complexity index is 1530. The van der Waals surface area contributed by atoms with Crippen LogP contribution in [0, 0.1) is 10.1 Å². The zero-order valence-corrected chi connectivity index (χ0v) is 22.2. The molecule has 0 N–H and O–H groups in total. The molecule has 10 nitrogen and oxygen atoms in total. The molecule has 208 valence electrons. The fourth-order valence-electron chi connectivity index (χ4n) is 3.22. The number of alkyl halides is 3. The van der Waals surface area contributed by atoms with Crippen molar-refractivity contribution in [2.45, 2.75) is 19.5 Å². The van der Waals surface area contributed by atoms with E-state index in [4.69, 9.17) is 27.9 Å². The zero-order chi connectivity index (χ0) is 29.1. The van der Waals surface area contributed by atoms with Crippen LogP contribution < -0.4 is 9.04 Å². The highest BCUT2D eigenvalue weighted by Crippen LogP contribution is 2.38. The first kappa shape index (κ1) is 30.0. The van der Waals surface area contributed by atoms with Crippen LogP contribution in [0.3, 0.4) is 0 Å². The van der Waals surface area contributed by atoms with Gasteiger partial charge in [0.15, 0.2) is 0 Å². The van der Waals surface area contributed by atoms with E-state index in [-0.39, 0.29) is 34.2 Å². The lowest BCUT2D eigenvalue weighted by Crippen LogP contribution is -2.29. The maximum Gasteiger partial charge on any atom is 0.416 e. The van der Waals surface area contributed by atoms with Crippen LogP contribution in [0.25, 0.3) is 0 Å². The number of nitro groups is 1. The van der Waals surface area contributed by atoms with Gasteiger partial charge in [-0.3, -0.25) is 15.0 Å². The molecule has 0 bridgehead atoms. The number of anilines is 1. The number of hydrogen-bond acceptors (Lipinski definition) is 8. The number of halogens is 5. The van der Waals surface area contributed by atoms with Crippen LogP contribution in [-0.4, -0.2) is 26.4 Å². The summed E-state index contributed by atoms with van der Waals surface area (Å²) in [5.41, 5.74) is -2.49. The van der Waals surface area contributed by atoms with Crippen molar-refractivity contribution in [1.82, 2.24) is 0 Å². The Kier molecular flexibility index (Phi) is 8.95. The molecule has 0 aliphatic heterocycles. The molecule has 0 amide bonds. The van der Waals surface area contributed by atoms with Crippen molar-refractivity contribution >= 4 is 50.9 Å². The van der Waals surface area contributed by atoms with Gasteiger partial charge in [-0.2, -0.15) is 21.6 Å². The average molecular weight is 609 g/mol. The number of nitro benzene ring substituents is 1. The van der Waals surface area contributed by atoms with Crippen molar-refractivity contribution in [1.29, 1.82) is 0 Å². The second-order valence-electron chi connectivity index (χ2n) is 7.68. The second-order valence-corrected chi connectivity index (χ2v) is 10.1. The van der Waals surface area contributed by atoms with Gasteiger partial charge >= 0.3 is 22.4 Å². The van der Waals surface area contributed by atoms with Gasteiger partial charge in [0.1, 0.15) is 17.1 Å². The van der Waals surface area contributed by atoms with Crippen LogP contribution >= 0.6 is 23.2 Å². The van der Waals surface area contributed by atoms with E-state index in [1.165, 1.54) is 37.3 Å². The number of ether oxygens (including phenoxy) is 1. The highest BCUT2D eigenvalue weighted by atomic mass is 35.5. The van der Waals surface area contributed by atoms with Gasteiger partial charge in [-0.25, -0.2) is 9.10 Å². The number of nitrogens with zero attached hydrogens (tertiary/aromatic N) is 2. The minimum absolute atomic E-state index is 0.00516. The summed E-state index contributed by atoms with van der Waals surface area (Å²) < 4.78 is 74.2. The number of carbonyl (C=O) groups excluding carboxylic acids is 1. The van der Waals surface area contributed by atoms with Crippen molar-refractivity contribution in [2.75, 3.05) is 11.4 Å². The molecule has 0 saturated heterocycles. The van der Waals surface area contributed by atoms with E-state index >= 15 is 0 Å². The molecular weight excluding hydrogens is 592 g/mol. The molecule has 0 fully saturated rings. The Hall–Kier alpha value is -3.59. The third kappa shape index (κ3) is 7.09. The average Bonchev–Trinajstić information content (AvgIpc) is 2.86. The molecule has 39 heavy (non-hydrogen) atoms. The molecule has 3 aromatic rings. The first-order valence-electron chi connectivity index (χ1n) is 10.6. The molecule has 3 rings (SSSR count). The van der Waals surface area contributed by atoms with Gasteiger partial charge in [-0.05, 0) is 53.2 Å². The quantitative estimate of drug-likeness (QED) is 0.148. The smallest absolute Gasteiger partial charge is 0.416 e. The van der Waals surface area contributed by atoms with E-state index in [0.717, 1.165) is 19.2 Å². The lowest BCUT2D eigenvalue weighted by molar-refractivity contribution is -0.386. The summed E-state index contributed by atoms with van der Waals surface area (Å²) in [6.07, 6.45) is -4.66. The first-order valence-corrected chi connectivity index (χ1v) is 12.8. The number of benzene rings is 3. The molecule has 3 aromatic carbocycles. The third-order valence-corrected chi connectivity index (χ3v) is 6.79. The van der Waals surface area contributed by atoms with Gasteiger partial charge in [0.25, 0.3) is 5.69 Å². The van der Waals surface area contributed by atoms with Gasteiger partial charge < -0.3 is 4.74 Å². The molecule has 0 aliphatic carbocycles. The summed E-state index contributed by atoms with van der Waals surface area (Å²) in [6.45, 7) is 1.52. The third-order valence-electron chi connectivity index (χ3n) is 5.14. The SMILES string of the molecule is CCc1cc(Oc2ccc(C(F)(F)F)cc2Cl)cc(C(=O)OOS(=O)(=O)N(C)c2cccc(Cl)c2)c1[N+](=O)[O-]. The maximum absolute atomic E-state index is 12.9. The molecule has 0 atom stereocenters. The van der Waals surface area contributed by atoms with Crippen molar-refractivity contribution in [3.05, 3.63) is 91.4 Å². The molecule has 0 spiro atoms. The summed E-state index contributed by atoms with van der Waals surface area (Å²) >= 11 is 11.8. The zero-order valence-electron chi connectivity index (χ0n) is 19.9. The Morgan fingerprint density at radius 3 is 2.36 bits per heavy atom. The first-order chi connectivity index (χ1) is 18.1. The maximum atomic E-state index is 12.9. The molecule has 0 aliphatic rings. The van der Waals surface area contributed by atoms with E-state index in [1.807, 2.05) is 0 Å². The highest BCUT2D eigenvalue weighted by molar-refractivity contribution is 7.88. The van der Waals surface area contributed by atoms with Crippen LogP contribution in [0.1, 0.15) is 28.4 Å². The minimum Gasteiger partial charge on any atom is -0.456 e. The fourth-order valence-corrected chi connectivity index (χ4v) is 4.23. The number of hydrogen-bond donors (Lipinski definition) is 0. The predicted octanol–water partition coefficient (Wildman–Crippen LogP) is 6.74. The van der Waals surface area contributed by atoms with Crippen molar-refractivity contribution in [3.63, 3.8) is 0 Å². The van der Waals surface area contributed by atoms with Crippen molar-refractivity contribution in [3.8, 4) is 11.5 Å². The Morgan fingerprint density at radius 1 is 1.10 bits per heavy atom.